The Hall–Kier alpha value is -3.65. The number of rotatable bonds is 8. The molecule has 5 rings (SSSR count). The van der Waals surface area contributed by atoms with E-state index in [9.17, 15) is 36.8 Å². The highest BCUT2D eigenvalue weighted by Gasteiger charge is 2.31. The summed E-state index contributed by atoms with van der Waals surface area (Å²) >= 11 is -2.72. The molecule has 3 aromatic carbocycles. The molecule has 39 heavy (non-hydrogen) atoms. The molecule has 202 valence electrons. The highest BCUT2D eigenvalue weighted by molar-refractivity contribution is 7.80. The fraction of sp³-hybridized carbons (Fsp3) is 0.192. The van der Waals surface area contributed by atoms with Gasteiger partial charge in [0.05, 0.1) is 23.3 Å². The molecule has 1 unspecified atom stereocenters. The van der Waals surface area contributed by atoms with Gasteiger partial charge in [-0.15, -0.1) is 0 Å². The minimum Gasteiger partial charge on any atom is -0.455 e. The van der Waals surface area contributed by atoms with Crippen molar-refractivity contribution in [3.8, 4) is 11.3 Å². The quantitative estimate of drug-likeness (QED) is 0.194. The van der Waals surface area contributed by atoms with Crippen LogP contribution >= 0.6 is 0 Å². The third kappa shape index (κ3) is 5.18. The Morgan fingerprint density at radius 1 is 1.10 bits per heavy atom. The number of benzene rings is 3. The predicted molar refractivity (Wildman–Crippen MR) is 140 cm³/mol. The van der Waals surface area contributed by atoms with E-state index < -0.39 is 47.2 Å². The molecule has 4 aromatic rings. The molecule has 8 nitrogen and oxygen atoms in total. The van der Waals surface area contributed by atoms with Crippen LogP contribution in [0.1, 0.15) is 40.2 Å². The molecule has 1 aliphatic carbocycles. The van der Waals surface area contributed by atoms with Crippen molar-refractivity contribution in [3.63, 3.8) is 0 Å². The van der Waals surface area contributed by atoms with E-state index in [-0.39, 0.29) is 35.1 Å². The van der Waals surface area contributed by atoms with Crippen molar-refractivity contribution in [2.45, 2.75) is 25.3 Å². The second kappa shape index (κ2) is 10.5. The lowest BCUT2D eigenvalue weighted by molar-refractivity contribution is 0.0964. The van der Waals surface area contributed by atoms with Crippen molar-refractivity contribution in [1.82, 2.24) is 5.32 Å². The molecular formula is C26H22BF3N2O6S. The number of carbonyl (C=O) groups is 1. The van der Waals surface area contributed by atoms with Gasteiger partial charge in [-0.1, -0.05) is 0 Å². The van der Waals surface area contributed by atoms with Gasteiger partial charge in [-0.3, -0.25) is 13.7 Å². The first-order valence-corrected chi connectivity index (χ1v) is 13.0. The molecule has 0 bridgehead atoms. The number of halogens is 3. The number of amides is 1. The van der Waals surface area contributed by atoms with E-state index in [0.717, 1.165) is 34.8 Å². The molecule has 0 aliphatic heterocycles. The van der Waals surface area contributed by atoms with E-state index in [4.69, 9.17) is 4.42 Å². The second-order valence-electron chi connectivity index (χ2n) is 9.18. The smallest absolute Gasteiger partial charge is 0.455 e. The van der Waals surface area contributed by atoms with Gasteiger partial charge in [0.1, 0.15) is 28.8 Å². The van der Waals surface area contributed by atoms with Gasteiger partial charge in [0.2, 0.25) is 0 Å². The van der Waals surface area contributed by atoms with Gasteiger partial charge in [0, 0.05) is 18.0 Å². The summed E-state index contributed by atoms with van der Waals surface area (Å²) in [5.41, 5.74) is 1.03. The highest BCUT2D eigenvalue weighted by atomic mass is 32.2. The highest BCUT2D eigenvalue weighted by Crippen LogP contribution is 2.45. The monoisotopic (exact) mass is 558 g/mol. The number of hydrogen-bond donors (Lipinski definition) is 4. The zero-order valence-electron chi connectivity index (χ0n) is 20.5. The molecule has 0 spiro atoms. The number of carbonyl (C=O) groups excluding carboxylic acids is 1. The summed E-state index contributed by atoms with van der Waals surface area (Å²) in [4.78, 5) is 12.9. The Morgan fingerprint density at radius 3 is 2.28 bits per heavy atom. The molecule has 1 amide bonds. The third-order valence-corrected chi connectivity index (χ3v) is 7.36. The molecule has 1 atom stereocenters. The van der Waals surface area contributed by atoms with Gasteiger partial charge in [0.15, 0.2) is 0 Å². The van der Waals surface area contributed by atoms with Gasteiger partial charge in [-0.05, 0) is 78.4 Å². The number of hydrogen-bond acceptors (Lipinski definition) is 5. The summed E-state index contributed by atoms with van der Waals surface area (Å²) in [5, 5.41) is 21.6. The normalized spacial score (nSPS) is 13.9. The van der Waals surface area contributed by atoms with Crippen LogP contribution < -0.4 is 15.1 Å². The van der Waals surface area contributed by atoms with Gasteiger partial charge in [0.25, 0.3) is 17.2 Å². The topological polar surface area (TPSA) is 123 Å². The lowest BCUT2D eigenvalue weighted by Gasteiger charge is -2.22. The zero-order chi connectivity index (χ0) is 28.0. The average molecular weight is 558 g/mol. The molecule has 1 aromatic heterocycles. The Kier molecular flexibility index (Phi) is 7.25. The first kappa shape index (κ1) is 26.9. The minimum absolute atomic E-state index is 0.0977. The maximum absolute atomic E-state index is 14.4. The van der Waals surface area contributed by atoms with Crippen molar-refractivity contribution in [3.05, 3.63) is 82.7 Å². The Bertz CT molecular complexity index is 1580. The molecule has 0 radical (unpaired) electrons. The summed E-state index contributed by atoms with van der Waals surface area (Å²) in [6.07, 6.45) is 1.68. The molecule has 0 saturated heterocycles. The van der Waals surface area contributed by atoms with Crippen LogP contribution in [0.15, 0.2) is 52.9 Å². The molecule has 1 fully saturated rings. The molecule has 1 heterocycles. The summed E-state index contributed by atoms with van der Waals surface area (Å²) in [7, 11) is -0.931. The van der Waals surface area contributed by atoms with Crippen LogP contribution in [0.25, 0.3) is 22.3 Å². The minimum atomic E-state index is -2.72. The van der Waals surface area contributed by atoms with Crippen LogP contribution in [0.5, 0.6) is 0 Å². The maximum atomic E-state index is 14.4. The average Bonchev–Trinajstić information content (AvgIpc) is 3.66. The third-order valence-electron chi connectivity index (χ3n) is 6.64. The SMILES string of the molecule is CNC(=O)c1c(-c2ccc(F)cc2)oc2cc(CN(c3cc(F)c(B(O)O)c(F)c3)S(=O)O)c(C3CC3)cc12. The number of nitrogens with zero attached hydrogens (tertiary/aromatic N) is 1. The first-order chi connectivity index (χ1) is 18.6. The van der Waals surface area contributed by atoms with E-state index in [1.807, 2.05) is 0 Å². The second-order valence-corrected chi connectivity index (χ2v) is 10.1. The van der Waals surface area contributed by atoms with Crippen LogP contribution in [0.2, 0.25) is 0 Å². The van der Waals surface area contributed by atoms with E-state index in [1.165, 1.54) is 31.3 Å². The van der Waals surface area contributed by atoms with Crippen LogP contribution in [0, 0.1) is 17.5 Å². The Morgan fingerprint density at radius 2 is 1.74 bits per heavy atom. The maximum Gasteiger partial charge on any atom is 0.494 e. The lowest BCUT2D eigenvalue weighted by Crippen LogP contribution is -2.36. The van der Waals surface area contributed by atoms with Gasteiger partial charge >= 0.3 is 7.12 Å². The number of anilines is 1. The lowest BCUT2D eigenvalue weighted by atomic mass is 9.79. The number of furan rings is 1. The van der Waals surface area contributed by atoms with Crippen molar-refractivity contribution in [2.75, 3.05) is 11.4 Å². The Labute approximate surface area is 223 Å². The molecule has 13 heteroatoms. The van der Waals surface area contributed by atoms with E-state index in [0.29, 0.717) is 16.5 Å². The van der Waals surface area contributed by atoms with Crippen molar-refractivity contribution in [1.29, 1.82) is 0 Å². The summed E-state index contributed by atoms with van der Waals surface area (Å²) in [6.45, 7) is -0.257. The van der Waals surface area contributed by atoms with Crippen LogP contribution in [-0.4, -0.2) is 38.9 Å². The summed E-state index contributed by atoms with van der Waals surface area (Å²) in [5.74, 6) is -3.15. The van der Waals surface area contributed by atoms with Crippen molar-refractivity contribution >= 4 is 46.4 Å². The molecule has 4 N–H and O–H groups in total. The summed E-state index contributed by atoms with van der Waals surface area (Å²) in [6, 6.07) is 10.3. The summed E-state index contributed by atoms with van der Waals surface area (Å²) < 4.78 is 71.6. The largest absolute Gasteiger partial charge is 0.494 e. The van der Waals surface area contributed by atoms with E-state index in [1.54, 1.807) is 12.1 Å². The predicted octanol–water partition coefficient (Wildman–Crippen LogP) is 3.58. The molecule has 1 saturated carbocycles. The van der Waals surface area contributed by atoms with E-state index >= 15 is 0 Å². The fourth-order valence-electron chi connectivity index (χ4n) is 4.62. The number of fused-ring (bicyclic) bond motifs is 1. The fourth-order valence-corrected chi connectivity index (χ4v) is 5.16. The molecular weight excluding hydrogens is 536 g/mol. The van der Waals surface area contributed by atoms with Gasteiger partial charge < -0.3 is 19.8 Å². The van der Waals surface area contributed by atoms with Crippen molar-refractivity contribution < 1.29 is 41.2 Å². The standard InChI is InChI=1S/C26H22BF3N2O6S/c1-31-26(33)23-19-11-18(13-2-3-13)15(8-22(19)38-25(23)14-4-6-16(28)7-5-14)12-32(39(36)37)17-9-20(29)24(27(34)35)21(30)10-17/h4-11,13,34-35H,2-3,12H2,1H3,(H,31,33)(H,36,37). The zero-order valence-corrected chi connectivity index (χ0v) is 21.3. The van der Waals surface area contributed by atoms with Crippen molar-refractivity contribution in [2.24, 2.45) is 0 Å². The van der Waals surface area contributed by atoms with Gasteiger partial charge in [-0.25, -0.2) is 17.4 Å². The van der Waals surface area contributed by atoms with Crippen LogP contribution in [0.4, 0.5) is 18.9 Å². The van der Waals surface area contributed by atoms with Crippen LogP contribution in [0.3, 0.4) is 0 Å². The van der Waals surface area contributed by atoms with E-state index in [2.05, 4.69) is 5.32 Å². The first-order valence-electron chi connectivity index (χ1n) is 11.9. The van der Waals surface area contributed by atoms with Crippen LogP contribution in [-0.2, 0) is 17.8 Å². The molecule has 1 aliphatic rings. The number of nitrogens with one attached hydrogen (secondary N) is 1. The Balaban J connectivity index is 1.64. The van der Waals surface area contributed by atoms with Gasteiger partial charge in [-0.2, -0.15) is 0 Å².